The highest BCUT2D eigenvalue weighted by atomic mass is 79.9. The first-order chi connectivity index (χ1) is 11.9. The summed E-state index contributed by atoms with van der Waals surface area (Å²) in [5, 5.41) is 23.6. The van der Waals surface area contributed by atoms with Crippen LogP contribution in [0.25, 0.3) is 0 Å². The second-order valence-corrected chi connectivity index (χ2v) is 6.01. The molecule has 0 saturated carbocycles. The largest absolute Gasteiger partial charge is 0.418 e. The Kier molecular flexibility index (Phi) is 5.37. The van der Waals surface area contributed by atoms with E-state index in [0.29, 0.717) is 6.07 Å². The monoisotopic (exact) mass is 457 g/mol. The van der Waals surface area contributed by atoms with E-state index in [1.54, 1.807) is 0 Å². The molecule has 138 valence electrons. The van der Waals surface area contributed by atoms with Gasteiger partial charge in [-0.05, 0) is 28.1 Å². The first-order valence-corrected chi connectivity index (χ1v) is 7.54. The van der Waals surface area contributed by atoms with Crippen molar-refractivity contribution in [1.29, 1.82) is 0 Å². The molecule has 7 nitrogen and oxygen atoms in total. The molecular formula is C13H5BrClF4N3O4. The first kappa shape index (κ1) is 19.8. The molecule has 0 aliphatic carbocycles. The second kappa shape index (κ2) is 7.03. The molecule has 1 N–H and O–H groups in total. The third kappa shape index (κ3) is 4.02. The number of halogens is 6. The van der Waals surface area contributed by atoms with Gasteiger partial charge in [0.15, 0.2) is 0 Å². The number of rotatable bonds is 4. The fraction of sp³-hybridized carbons (Fsp3) is 0.0769. The third-order valence-electron chi connectivity index (χ3n) is 3.07. The van der Waals surface area contributed by atoms with Crippen LogP contribution in [-0.4, -0.2) is 9.85 Å². The molecule has 0 aromatic heterocycles. The number of alkyl halides is 3. The molecule has 0 heterocycles. The Morgan fingerprint density at radius 2 is 1.69 bits per heavy atom. The van der Waals surface area contributed by atoms with E-state index in [-0.39, 0.29) is 21.2 Å². The fourth-order valence-electron chi connectivity index (χ4n) is 1.99. The van der Waals surface area contributed by atoms with E-state index in [9.17, 15) is 37.8 Å². The van der Waals surface area contributed by atoms with E-state index >= 15 is 0 Å². The fourth-order valence-corrected chi connectivity index (χ4v) is 2.53. The van der Waals surface area contributed by atoms with Crippen molar-refractivity contribution in [3.8, 4) is 0 Å². The number of anilines is 2. The molecule has 0 saturated heterocycles. The SMILES string of the molecule is O=[N+]([O-])c1cc([N+](=O)[O-])c(Nc2cc(F)c(Cl)c(Br)c2)c(C(F)(F)F)c1. The van der Waals surface area contributed by atoms with Crippen LogP contribution in [0.4, 0.5) is 40.3 Å². The van der Waals surface area contributed by atoms with E-state index in [4.69, 9.17) is 11.6 Å². The summed E-state index contributed by atoms with van der Waals surface area (Å²) in [6.45, 7) is 0. The summed E-state index contributed by atoms with van der Waals surface area (Å²) >= 11 is 8.47. The van der Waals surface area contributed by atoms with Gasteiger partial charge in [-0.15, -0.1) is 0 Å². The van der Waals surface area contributed by atoms with E-state index in [1.807, 2.05) is 0 Å². The average molecular weight is 459 g/mol. The van der Waals surface area contributed by atoms with Crippen molar-refractivity contribution >= 4 is 50.3 Å². The van der Waals surface area contributed by atoms with Gasteiger partial charge < -0.3 is 5.32 Å². The molecule has 0 fully saturated rings. The Labute approximate surface area is 155 Å². The summed E-state index contributed by atoms with van der Waals surface area (Å²) in [7, 11) is 0. The van der Waals surface area contributed by atoms with Crippen LogP contribution < -0.4 is 5.32 Å². The maximum atomic E-state index is 13.7. The molecule has 0 spiro atoms. The zero-order valence-electron chi connectivity index (χ0n) is 12.1. The first-order valence-electron chi connectivity index (χ1n) is 6.37. The number of non-ortho nitro benzene ring substituents is 1. The van der Waals surface area contributed by atoms with E-state index in [1.165, 1.54) is 0 Å². The van der Waals surface area contributed by atoms with Crippen LogP contribution in [0.15, 0.2) is 28.7 Å². The molecule has 0 unspecified atom stereocenters. The summed E-state index contributed by atoms with van der Waals surface area (Å²) in [6.07, 6.45) is -5.15. The molecule has 0 radical (unpaired) electrons. The predicted octanol–water partition coefficient (Wildman–Crippen LogP) is 5.82. The van der Waals surface area contributed by atoms with Crippen LogP contribution in [0.3, 0.4) is 0 Å². The van der Waals surface area contributed by atoms with Crippen molar-refractivity contribution in [1.82, 2.24) is 0 Å². The van der Waals surface area contributed by atoms with Crippen molar-refractivity contribution in [2.75, 3.05) is 5.32 Å². The van der Waals surface area contributed by atoms with Crippen LogP contribution in [0.1, 0.15) is 5.56 Å². The number of hydrogen-bond donors (Lipinski definition) is 1. The van der Waals surface area contributed by atoms with Crippen LogP contribution in [0.5, 0.6) is 0 Å². The lowest BCUT2D eigenvalue weighted by Gasteiger charge is -2.15. The Bertz CT molecular complexity index is 900. The second-order valence-electron chi connectivity index (χ2n) is 4.78. The summed E-state index contributed by atoms with van der Waals surface area (Å²) in [4.78, 5) is 19.5. The summed E-state index contributed by atoms with van der Waals surface area (Å²) in [5.74, 6) is -0.998. The molecule has 0 aliphatic heterocycles. The number of nitro benzene ring substituents is 2. The summed E-state index contributed by atoms with van der Waals surface area (Å²) in [5.41, 5.74) is -5.32. The summed E-state index contributed by atoms with van der Waals surface area (Å²) < 4.78 is 53.5. The molecule has 0 aliphatic rings. The lowest BCUT2D eigenvalue weighted by molar-refractivity contribution is -0.394. The van der Waals surface area contributed by atoms with Crippen molar-refractivity contribution in [3.05, 3.63) is 65.4 Å². The van der Waals surface area contributed by atoms with Gasteiger partial charge in [-0.3, -0.25) is 20.2 Å². The highest BCUT2D eigenvalue weighted by Gasteiger charge is 2.39. The van der Waals surface area contributed by atoms with Gasteiger partial charge >= 0.3 is 6.18 Å². The van der Waals surface area contributed by atoms with Gasteiger partial charge in [-0.25, -0.2) is 4.39 Å². The maximum absolute atomic E-state index is 13.7. The average Bonchev–Trinajstić information content (AvgIpc) is 2.51. The Balaban J connectivity index is 2.73. The molecule has 0 amide bonds. The maximum Gasteiger partial charge on any atom is 0.418 e. The van der Waals surface area contributed by atoms with Gasteiger partial charge in [-0.1, -0.05) is 11.6 Å². The van der Waals surface area contributed by atoms with E-state index in [2.05, 4.69) is 21.2 Å². The molecule has 0 bridgehead atoms. The van der Waals surface area contributed by atoms with Crippen molar-refractivity contribution in [2.45, 2.75) is 6.18 Å². The molecule has 13 heteroatoms. The van der Waals surface area contributed by atoms with Gasteiger partial charge in [0.2, 0.25) is 0 Å². The quantitative estimate of drug-likeness (QED) is 0.269. The highest BCUT2D eigenvalue weighted by molar-refractivity contribution is 9.10. The molecule has 2 aromatic carbocycles. The smallest absolute Gasteiger partial charge is 0.349 e. The summed E-state index contributed by atoms with van der Waals surface area (Å²) in [6, 6.07) is 2.34. The molecule has 2 aromatic rings. The topological polar surface area (TPSA) is 98.3 Å². The van der Waals surface area contributed by atoms with E-state index < -0.39 is 44.5 Å². The van der Waals surface area contributed by atoms with E-state index in [0.717, 1.165) is 12.1 Å². The van der Waals surface area contributed by atoms with Crippen LogP contribution in [0.2, 0.25) is 5.02 Å². The van der Waals surface area contributed by atoms with Gasteiger partial charge in [0, 0.05) is 16.2 Å². The number of nitro groups is 2. The zero-order valence-corrected chi connectivity index (χ0v) is 14.4. The predicted molar refractivity (Wildman–Crippen MR) is 87.1 cm³/mol. The Morgan fingerprint density at radius 1 is 1.08 bits per heavy atom. The molecule has 2 rings (SSSR count). The van der Waals surface area contributed by atoms with Crippen molar-refractivity contribution < 1.29 is 27.4 Å². The lowest BCUT2D eigenvalue weighted by Crippen LogP contribution is -2.12. The van der Waals surface area contributed by atoms with Crippen molar-refractivity contribution in [2.24, 2.45) is 0 Å². The number of nitrogens with one attached hydrogen (secondary N) is 1. The van der Waals surface area contributed by atoms with Gasteiger partial charge in [-0.2, -0.15) is 13.2 Å². The number of hydrogen-bond acceptors (Lipinski definition) is 5. The van der Waals surface area contributed by atoms with Crippen molar-refractivity contribution in [3.63, 3.8) is 0 Å². The minimum absolute atomic E-state index is 0.0141. The van der Waals surface area contributed by atoms with Crippen LogP contribution in [0, 0.1) is 26.0 Å². The number of nitrogens with zero attached hydrogens (tertiary/aromatic N) is 2. The molecule has 0 atom stereocenters. The van der Waals surface area contributed by atoms with Crippen LogP contribution in [-0.2, 0) is 6.18 Å². The normalized spacial score (nSPS) is 11.3. The van der Waals surface area contributed by atoms with Gasteiger partial charge in [0.1, 0.15) is 11.5 Å². The Morgan fingerprint density at radius 3 is 2.15 bits per heavy atom. The standard InChI is InChI=1S/C13H5BrClF4N3O4/c14-8-1-5(2-9(16)11(8)15)20-12-7(13(17,18)19)3-6(21(23)24)4-10(12)22(25)26/h1-4,20H. The minimum Gasteiger partial charge on any atom is -0.349 e. The number of benzene rings is 2. The third-order valence-corrected chi connectivity index (χ3v) is 4.31. The van der Waals surface area contributed by atoms with Gasteiger partial charge in [0.05, 0.1) is 26.5 Å². The molecule has 26 heavy (non-hydrogen) atoms. The lowest BCUT2D eigenvalue weighted by atomic mass is 10.1. The highest BCUT2D eigenvalue weighted by Crippen LogP contribution is 2.44. The zero-order chi connectivity index (χ0) is 19.8. The minimum atomic E-state index is -5.15. The van der Waals surface area contributed by atoms with Gasteiger partial charge in [0.25, 0.3) is 11.4 Å². The molecular weight excluding hydrogens is 454 g/mol. The van der Waals surface area contributed by atoms with Crippen LogP contribution >= 0.6 is 27.5 Å². The Hall–Kier alpha value is -2.47.